The third-order valence-electron chi connectivity index (χ3n) is 5.62. The molecule has 1 amide bonds. The van der Waals surface area contributed by atoms with Gasteiger partial charge in [-0.15, -0.1) is 0 Å². The molecule has 4 aromatic rings. The van der Waals surface area contributed by atoms with Crippen molar-refractivity contribution in [2.24, 2.45) is 5.92 Å². The molecular formula is C24H20N6O2S. The van der Waals surface area contributed by atoms with Gasteiger partial charge in [-0.3, -0.25) is 9.78 Å². The average molecular weight is 457 g/mol. The quantitative estimate of drug-likeness (QED) is 0.468. The van der Waals surface area contributed by atoms with Crippen molar-refractivity contribution in [2.75, 3.05) is 23.3 Å². The minimum absolute atomic E-state index is 0.0246. The summed E-state index contributed by atoms with van der Waals surface area (Å²) in [6.45, 7) is 1.46. The van der Waals surface area contributed by atoms with Gasteiger partial charge in [0.1, 0.15) is 17.6 Å². The number of amides is 1. The molecule has 4 aromatic heterocycles. The van der Waals surface area contributed by atoms with Crippen LogP contribution in [-0.2, 0) is 4.79 Å². The van der Waals surface area contributed by atoms with E-state index in [1.807, 2.05) is 30.3 Å². The number of carbonyl (C=O) groups is 1. The summed E-state index contributed by atoms with van der Waals surface area (Å²) < 4.78 is 5.57. The number of anilines is 2. The molecular weight excluding hydrogens is 436 g/mol. The summed E-state index contributed by atoms with van der Waals surface area (Å²) in [5.74, 6) is 1.36. The van der Waals surface area contributed by atoms with Gasteiger partial charge in [0.15, 0.2) is 10.9 Å². The zero-order chi connectivity index (χ0) is 22.6. The fraction of sp³-hybridized carbons (Fsp3) is 0.208. The first-order valence-corrected chi connectivity index (χ1v) is 11.4. The predicted octanol–water partition coefficient (Wildman–Crippen LogP) is 4.59. The minimum atomic E-state index is -0.0973. The highest BCUT2D eigenvalue weighted by Gasteiger charge is 2.27. The molecule has 0 radical (unpaired) electrons. The van der Waals surface area contributed by atoms with Crippen molar-refractivity contribution in [3.63, 3.8) is 0 Å². The maximum absolute atomic E-state index is 13.0. The lowest BCUT2D eigenvalue weighted by atomic mass is 9.96. The molecule has 0 spiro atoms. The minimum Gasteiger partial charge on any atom is -0.463 e. The molecule has 164 valence electrons. The molecule has 0 aliphatic carbocycles. The second-order valence-electron chi connectivity index (χ2n) is 7.68. The van der Waals surface area contributed by atoms with E-state index in [0.717, 1.165) is 42.2 Å². The van der Waals surface area contributed by atoms with E-state index in [-0.39, 0.29) is 11.8 Å². The second kappa shape index (κ2) is 9.22. The molecule has 1 fully saturated rings. The monoisotopic (exact) mass is 456 g/mol. The number of nitrogens with zero attached hydrogens (tertiary/aromatic N) is 5. The number of carbonyl (C=O) groups excluding carboxylic acids is 1. The van der Waals surface area contributed by atoms with E-state index in [2.05, 4.69) is 31.2 Å². The summed E-state index contributed by atoms with van der Waals surface area (Å²) in [7, 11) is 0. The number of rotatable bonds is 5. The van der Waals surface area contributed by atoms with Crippen LogP contribution in [0.25, 0.3) is 21.9 Å². The molecule has 8 nitrogen and oxygen atoms in total. The summed E-state index contributed by atoms with van der Waals surface area (Å²) in [5, 5.41) is 12.5. The molecule has 0 aromatic carbocycles. The maximum atomic E-state index is 13.0. The lowest BCUT2D eigenvalue weighted by Gasteiger charge is -2.31. The Morgan fingerprint density at radius 3 is 2.67 bits per heavy atom. The van der Waals surface area contributed by atoms with Gasteiger partial charge in [-0.1, -0.05) is 11.3 Å². The third kappa shape index (κ3) is 4.47. The van der Waals surface area contributed by atoms with Gasteiger partial charge < -0.3 is 14.6 Å². The highest BCUT2D eigenvalue weighted by molar-refractivity contribution is 7.19. The first-order chi connectivity index (χ1) is 16.2. The van der Waals surface area contributed by atoms with Gasteiger partial charge in [-0.25, -0.2) is 9.97 Å². The summed E-state index contributed by atoms with van der Waals surface area (Å²) in [4.78, 5) is 29.2. The average Bonchev–Trinajstić information content (AvgIpc) is 3.55. The fourth-order valence-corrected chi connectivity index (χ4v) is 4.85. The number of piperidine rings is 1. The zero-order valence-corrected chi connectivity index (χ0v) is 18.5. The molecule has 33 heavy (non-hydrogen) atoms. The Hall–Kier alpha value is -4.03. The van der Waals surface area contributed by atoms with Crippen LogP contribution in [-0.4, -0.2) is 33.9 Å². The molecule has 1 aliphatic heterocycles. The van der Waals surface area contributed by atoms with Crippen LogP contribution < -0.4 is 10.2 Å². The number of thiazole rings is 1. The maximum Gasteiger partial charge on any atom is 0.229 e. The smallest absolute Gasteiger partial charge is 0.229 e. The van der Waals surface area contributed by atoms with Gasteiger partial charge in [0.05, 0.1) is 16.7 Å². The van der Waals surface area contributed by atoms with Gasteiger partial charge in [0, 0.05) is 37.6 Å². The number of nitriles is 1. The van der Waals surface area contributed by atoms with Crippen LogP contribution >= 0.6 is 11.3 Å². The standard InChI is InChI=1S/C24H20N6O2S/c25-14-16-3-4-20(27-15-16)30-11-7-18(8-12-30)23(31)29-24-28-21(19-2-1-13-32-19)22(33-24)17-5-9-26-10-6-17/h1-6,9-10,13,15,18H,7-8,11-12H2,(H,28,29,31). The highest BCUT2D eigenvalue weighted by atomic mass is 32.1. The highest BCUT2D eigenvalue weighted by Crippen LogP contribution is 2.39. The van der Waals surface area contributed by atoms with Crippen LogP contribution in [0.1, 0.15) is 18.4 Å². The number of nitrogens with one attached hydrogen (secondary N) is 1. The largest absolute Gasteiger partial charge is 0.463 e. The Morgan fingerprint density at radius 1 is 1.18 bits per heavy atom. The second-order valence-corrected chi connectivity index (χ2v) is 8.68. The topological polar surface area (TPSA) is 108 Å². The Bertz CT molecular complexity index is 1270. The molecule has 1 aliphatic rings. The summed E-state index contributed by atoms with van der Waals surface area (Å²) >= 11 is 1.43. The van der Waals surface area contributed by atoms with E-state index < -0.39 is 0 Å². The van der Waals surface area contributed by atoms with E-state index in [9.17, 15) is 4.79 Å². The van der Waals surface area contributed by atoms with Crippen molar-refractivity contribution in [3.8, 4) is 28.0 Å². The van der Waals surface area contributed by atoms with Crippen molar-refractivity contribution < 1.29 is 9.21 Å². The molecule has 0 atom stereocenters. The molecule has 0 bridgehead atoms. The summed E-state index contributed by atoms with van der Waals surface area (Å²) in [5.41, 5.74) is 2.21. The van der Waals surface area contributed by atoms with Crippen molar-refractivity contribution >= 4 is 28.2 Å². The van der Waals surface area contributed by atoms with Crippen LogP contribution in [0.4, 0.5) is 10.9 Å². The summed E-state index contributed by atoms with van der Waals surface area (Å²) in [6, 6.07) is 13.2. The van der Waals surface area contributed by atoms with E-state index in [0.29, 0.717) is 22.1 Å². The Kier molecular flexibility index (Phi) is 5.83. The molecule has 1 saturated heterocycles. The fourth-order valence-electron chi connectivity index (χ4n) is 3.87. The number of hydrogen-bond donors (Lipinski definition) is 1. The number of pyridine rings is 2. The number of aromatic nitrogens is 3. The van der Waals surface area contributed by atoms with E-state index in [4.69, 9.17) is 9.68 Å². The third-order valence-corrected chi connectivity index (χ3v) is 6.64. The number of hydrogen-bond acceptors (Lipinski definition) is 8. The number of furan rings is 1. The van der Waals surface area contributed by atoms with Crippen molar-refractivity contribution in [1.29, 1.82) is 5.26 Å². The van der Waals surface area contributed by atoms with Gasteiger partial charge in [-0.2, -0.15) is 5.26 Å². The van der Waals surface area contributed by atoms with Crippen molar-refractivity contribution in [1.82, 2.24) is 15.0 Å². The first kappa shape index (κ1) is 20.8. The predicted molar refractivity (Wildman–Crippen MR) is 126 cm³/mol. The van der Waals surface area contributed by atoms with E-state index in [1.165, 1.54) is 11.3 Å². The van der Waals surface area contributed by atoms with Gasteiger partial charge in [-0.05, 0) is 54.8 Å². The van der Waals surface area contributed by atoms with Crippen LogP contribution in [0.3, 0.4) is 0 Å². The summed E-state index contributed by atoms with van der Waals surface area (Å²) in [6.07, 6.45) is 8.10. The van der Waals surface area contributed by atoms with Crippen LogP contribution in [0.5, 0.6) is 0 Å². The Balaban J connectivity index is 1.28. The Labute approximate surface area is 194 Å². The molecule has 0 unspecified atom stereocenters. The normalized spacial score (nSPS) is 14.1. The molecule has 5 rings (SSSR count). The molecule has 5 heterocycles. The van der Waals surface area contributed by atoms with E-state index >= 15 is 0 Å². The molecule has 0 saturated carbocycles. The first-order valence-electron chi connectivity index (χ1n) is 10.6. The van der Waals surface area contributed by atoms with Crippen molar-refractivity contribution in [2.45, 2.75) is 12.8 Å². The van der Waals surface area contributed by atoms with Crippen molar-refractivity contribution in [3.05, 3.63) is 66.8 Å². The Morgan fingerprint density at radius 2 is 2.00 bits per heavy atom. The lowest BCUT2D eigenvalue weighted by molar-refractivity contribution is -0.120. The SMILES string of the molecule is N#Cc1ccc(N2CCC(C(=O)Nc3nc(-c4ccco4)c(-c4ccncc4)s3)CC2)nc1. The molecule has 9 heteroatoms. The van der Waals surface area contributed by atoms with Gasteiger partial charge in [0.25, 0.3) is 0 Å². The van der Waals surface area contributed by atoms with Gasteiger partial charge in [0.2, 0.25) is 5.91 Å². The zero-order valence-electron chi connectivity index (χ0n) is 17.6. The van der Waals surface area contributed by atoms with E-state index in [1.54, 1.807) is 30.9 Å². The van der Waals surface area contributed by atoms with Crippen LogP contribution in [0, 0.1) is 17.2 Å². The lowest BCUT2D eigenvalue weighted by Crippen LogP contribution is -2.38. The van der Waals surface area contributed by atoms with Crippen LogP contribution in [0.15, 0.2) is 65.7 Å². The van der Waals surface area contributed by atoms with Crippen LogP contribution in [0.2, 0.25) is 0 Å². The molecule has 1 N–H and O–H groups in total. The van der Waals surface area contributed by atoms with Gasteiger partial charge >= 0.3 is 0 Å².